The fourth-order valence-corrected chi connectivity index (χ4v) is 3.13. The average molecular weight is 337 g/mol. The van der Waals surface area contributed by atoms with E-state index in [2.05, 4.69) is 9.71 Å². The van der Waals surface area contributed by atoms with E-state index in [9.17, 15) is 13.2 Å². The molecule has 1 heterocycles. The lowest BCUT2D eigenvalue weighted by atomic mass is 10.1. The zero-order chi connectivity index (χ0) is 17.0. The molecule has 7 nitrogen and oxygen atoms in total. The first-order valence-electron chi connectivity index (χ1n) is 7.11. The van der Waals surface area contributed by atoms with Crippen molar-refractivity contribution in [1.82, 2.24) is 9.55 Å². The third kappa shape index (κ3) is 4.82. The maximum Gasteiger partial charge on any atom is 0.307 e. The lowest BCUT2D eigenvalue weighted by Gasteiger charge is -2.07. The van der Waals surface area contributed by atoms with Gasteiger partial charge in [0, 0.05) is 18.4 Å². The van der Waals surface area contributed by atoms with Gasteiger partial charge in [0.05, 0.1) is 12.7 Å². The SMILES string of the molecule is CC(C)Cn1cnc(S(=O)(=O)Nc2cccc(CC(=O)O)c2)c1. The Bertz CT molecular complexity index is 797. The van der Waals surface area contributed by atoms with Gasteiger partial charge in [-0.2, -0.15) is 8.42 Å². The van der Waals surface area contributed by atoms with E-state index in [0.717, 1.165) is 0 Å². The quantitative estimate of drug-likeness (QED) is 0.804. The third-order valence-electron chi connectivity index (χ3n) is 3.00. The number of nitrogens with one attached hydrogen (secondary N) is 1. The fourth-order valence-electron chi connectivity index (χ4n) is 2.13. The van der Waals surface area contributed by atoms with Gasteiger partial charge in [0.2, 0.25) is 0 Å². The number of carbonyl (C=O) groups is 1. The molecule has 0 radical (unpaired) electrons. The molecular weight excluding hydrogens is 318 g/mol. The number of carboxylic acid groups (broad SMARTS) is 1. The molecule has 23 heavy (non-hydrogen) atoms. The predicted octanol–water partition coefficient (Wildman–Crippen LogP) is 1.97. The van der Waals surface area contributed by atoms with Crippen molar-refractivity contribution >= 4 is 21.7 Å². The summed E-state index contributed by atoms with van der Waals surface area (Å²) in [4.78, 5) is 14.7. The Balaban J connectivity index is 2.17. The van der Waals surface area contributed by atoms with E-state index in [0.29, 0.717) is 23.7 Å². The molecular formula is C15H19N3O4S. The summed E-state index contributed by atoms with van der Waals surface area (Å²) in [5.74, 6) is -0.599. The number of hydrogen-bond donors (Lipinski definition) is 2. The number of rotatable bonds is 7. The summed E-state index contributed by atoms with van der Waals surface area (Å²) in [6.45, 7) is 4.73. The molecule has 2 rings (SSSR count). The van der Waals surface area contributed by atoms with Crippen LogP contribution in [0.1, 0.15) is 19.4 Å². The van der Waals surface area contributed by atoms with Gasteiger partial charge >= 0.3 is 5.97 Å². The maximum atomic E-state index is 12.3. The number of benzene rings is 1. The molecule has 0 spiro atoms. The molecule has 0 amide bonds. The van der Waals surface area contributed by atoms with E-state index in [1.165, 1.54) is 18.6 Å². The van der Waals surface area contributed by atoms with E-state index in [-0.39, 0.29) is 11.4 Å². The molecule has 0 aliphatic carbocycles. The number of anilines is 1. The van der Waals surface area contributed by atoms with Gasteiger partial charge in [-0.05, 0) is 23.6 Å². The van der Waals surface area contributed by atoms with Gasteiger partial charge in [-0.25, -0.2) is 4.98 Å². The highest BCUT2D eigenvalue weighted by atomic mass is 32.2. The summed E-state index contributed by atoms with van der Waals surface area (Å²) in [5.41, 5.74) is 0.824. The highest BCUT2D eigenvalue weighted by Gasteiger charge is 2.18. The van der Waals surface area contributed by atoms with Crippen LogP contribution in [0.5, 0.6) is 0 Å². The lowest BCUT2D eigenvalue weighted by Crippen LogP contribution is -2.14. The first kappa shape index (κ1) is 17.0. The van der Waals surface area contributed by atoms with Crippen molar-refractivity contribution in [3.05, 3.63) is 42.4 Å². The van der Waals surface area contributed by atoms with Crippen molar-refractivity contribution in [3.8, 4) is 0 Å². The lowest BCUT2D eigenvalue weighted by molar-refractivity contribution is -0.136. The number of nitrogens with zero attached hydrogens (tertiary/aromatic N) is 2. The minimum atomic E-state index is -3.80. The van der Waals surface area contributed by atoms with E-state index >= 15 is 0 Å². The van der Waals surface area contributed by atoms with Crippen molar-refractivity contribution < 1.29 is 18.3 Å². The highest BCUT2D eigenvalue weighted by Crippen LogP contribution is 2.17. The van der Waals surface area contributed by atoms with Crippen LogP contribution in [-0.4, -0.2) is 29.0 Å². The van der Waals surface area contributed by atoms with E-state index in [1.807, 2.05) is 13.8 Å². The van der Waals surface area contributed by atoms with Gasteiger partial charge in [-0.1, -0.05) is 26.0 Å². The number of aliphatic carboxylic acids is 1. The van der Waals surface area contributed by atoms with Gasteiger partial charge in [0.15, 0.2) is 5.03 Å². The smallest absolute Gasteiger partial charge is 0.307 e. The summed E-state index contributed by atoms with van der Waals surface area (Å²) < 4.78 is 28.8. The molecule has 0 aliphatic heterocycles. The van der Waals surface area contributed by atoms with Crippen molar-refractivity contribution in [2.45, 2.75) is 31.8 Å². The van der Waals surface area contributed by atoms with E-state index in [1.54, 1.807) is 22.8 Å². The predicted molar refractivity (Wildman–Crippen MR) is 85.7 cm³/mol. The van der Waals surface area contributed by atoms with Gasteiger partial charge < -0.3 is 9.67 Å². The highest BCUT2D eigenvalue weighted by molar-refractivity contribution is 7.92. The van der Waals surface area contributed by atoms with Crippen LogP contribution >= 0.6 is 0 Å². The number of aromatic nitrogens is 2. The summed E-state index contributed by atoms with van der Waals surface area (Å²) in [6, 6.07) is 6.29. The average Bonchev–Trinajstić information content (AvgIpc) is 2.86. The van der Waals surface area contributed by atoms with Crippen LogP contribution in [0.4, 0.5) is 5.69 Å². The van der Waals surface area contributed by atoms with Crippen molar-refractivity contribution in [3.63, 3.8) is 0 Å². The normalized spacial score (nSPS) is 11.6. The zero-order valence-corrected chi connectivity index (χ0v) is 13.7. The summed E-state index contributed by atoms with van der Waals surface area (Å²) >= 11 is 0. The second kappa shape index (κ2) is 6.82. The Hall–Kier alpha value is -2.35. The molecule has 2 N–H and O–H groups in total. The van der Waals surface area contributed by atoms with Crippen LogP contribution < -0.4 is 4.72 Å². The minimum Gasteiger partial charge on any atom is -0.481 e. The molecule has 0 atom stereocenters. The van der Waals surface area contributed by atoms with Gasteiger partial charge in [-0.3, -0.25) is 9.52 Å². The van der Waals surface area contributed by atoms with Crippen LogP contribution in [0.25, 0.3) is 0 Å². The first-order valence-corrected chi connectivity index (χ1v) is 8.60. The van der Waals surface area contributed by atoms with Crippen LogP contribution in [0.3, 0.4) is 0 Å². The summed E-state index contributed by atoms with van der Waals surface area (Å²) in [5, 5.41) is 8.72. The molecule has 0 aliphatic rings. The second-order valence-electron chi connectivity index (χ2n) is 5.68. The monoisotopic (exact) mass is 337 g/mol. The Morgan fingerprint density at radius 3 is 2.78 bits per heavy atom. The fraction of sp³-hybridized carbons (Fsp3) is 0.333. The Kier molecular flexibility index (Phi) is 5.05. The van der Waals surface area contributed by atoms with Crippen molar-refractivity contribution in [2.75, 3.05) is 4.72 Å². The topological polar surface area (TPSA) is 101 Å². The number of sulfonamides is 1. The molecule has 2 aromatic rings. The second-order valence-corrected chi connectivity index (χ2v) is 7.31. The molecule has 0 unspecified atom stereocenters. The summed E-state index contributed by atoms with van der Waals surface area (Å²) in [7, 11) is -3.80. The molecule has 0 saturated carbocycles. The number of imidazole rings is 1. The van der Waals surface area contributed by atoms with Crippen LogP contribution in [0.2, 0.25) is 0 Å². The zero-order valence-electron chi connectivity index (χ0n) is 12.9. The largest absolute Gasteiger partial charge is 0.481 e. The standard InChI is InChI=1S/C15H19N3O4S/c1-11(2)8-18-9-14(16-10-18)23(21,22)17-13-5-3-4-12(6-13)7-15(19)20/h3-6,9-11,17H,7-8H2,1-2H3,(H,19,20). The molecule has 1 aromatic carbocycles. The van der Waals surface area contributed by atoms with Crippen molar-refractivity contribution in [2.24, 2.45) is 5.92 Å². The first-order chi connectivity index (χ1) is 10.8. The van der Waals surface area contributed by atoms with Gasteiger partial charge in [0.1, 0.15) is 0 Å². The van der Waals surface area contributed by atoms with E-state index in [4.69, 9.17) is 5.11 Å². The van der Waals surface area contributed by atoms with Crippen molar-refractivity contribution in [1.29, 1.82) is 0 Å². The van der Waals surface area contributed by atoms with Gasteiger partial charge in [-0.15, -0.1) is 0 Å². The molecule has 124 valence electrons. The maximum absolute atomic E-state index is 12.3. The van der Waals surface area contributed by atoms with Gasteiger partial charge in [0.25, 0.3) is 10.0 Å². The molecule has 8 heteroatoms. The number of hydrogen-bond acceptors (Lipinski definition) is 4. The van der Waals surface area contributed by atoms with Crippen LogP contribution in [-0.2, 0) is 27.8 Å². The summed E-state index contributed by atoms with van der Waals surface area (Å²) in [6.07, 6.45) is 2.79. The Labute approximate surface area is 135 Å². The molecule has 0 saturated heterocycles. The molecule has 0 fully saturated rings. The van der Waals surface area contributed by atoms with E-state index < -0.39 is 16.0 Å². The molecule has 0 bridgehead atoms. The third-order valence-corrected chi connectivity index (χ3v) is 4.26. The minimum absolute atomic E-state index is 0.0678. The molecule has 1 aromatic heterocycles. The Morgan fingerprint density at radius 1 is 1.39 bits per heavy atom. The number of carboxylic acids is 1. The van der Waals surface area contributed by atoms with Crippen LogP contribution in [0.15, 0.2) is 41.8 Å². The van der Waals surface area contributed by atoms with Crippen LogP contribution in [0, 0.1) is 5.92 Å². The Morgan fingerprint density at radius 2 is 2.13 bits per heavy atom.